The van der Waals surface area contributed by atoms with Crippen molar-refractivity contribution >= 4 is 51.8 Å². The Kier molecular flexibility index (Phi) is 5.71. The highest BCUT2D eigenvalue weighted by molar-refractivity contribution is 7.99. The van der Waals surface area contributed by atoms with E-state index in [1.54, 1.807) is 18.5 Å². The SMILES string of the molecule is CC1(C)c2cccc3c2[C@@H](N[S@]1=O)C1(CCN(c2cnc(Sc4ccnc(N)c4Cl)c(N)n2)CC1)C3. The quantitative estimate of drug-likeness (QED) is 0.450. The average molecular weight is 542 g/mol. The Morgan fingerprint density at radius 2 is 1.94 bits per heavy atom. The van der Waals surface area contributed by atoms with Gasteiger partial charge in [-0.15, -0.1) is 0 Å². The summed E-state index contributed by atoms with van der Waals surface area (Å²) < 4.78 is 16.3. The minimum Gasteiger partial charge on any atom is -0.382 e. The molecule has 5 N–H and O–H groups in total. The maximum absolute atomic E-state index is 13.2. The molecule has 0 bridgehead atoms. The van der Waals surface area contributed by atoms with E-state index in [2.05, 4.69) is 56.6 Å². The summed E-state index contributed by atoms with van der Waals surface area (Å²) in [5.74, 6) is 1.39. The zero-order chi connectivity index (χ0) is 25.2. The lowest BCUT2D eigenvalue weighted by atomic mass is 9.72. The molecule has 11 heteroatoms. The fourth-order valence-corrected chi connectivity index (χ4v) is 8.11. The number of hydrogen-bond acceptors (Lipinski definition) is 8. The van der Waals surface area contributed by atoms with Crippen LogP contribution in [0, 0.1) is 5.41 Å². The average Bonchev–Trinajstić information content (AvgIpc) is 3.15. The predicted molar refractivity (Wildman–Crippen MR) is 145 cm³/mol. The van der Waals surface area contributed by atoms with Crippen LogP contribution in [-0.2, 0) is 22.2 Å². The molecular weight excluding hydrogens is 514 g/mol. The van der Waals surface area contributed by atoms with Crippen molar-refractivity contribution < 1.29 is 4.21 Å². The van der Waals surface area contributed by atoms with E-state index < -0.39 is 15.7 Å². The van der Waals surface area contributed by atoms with Gasteiger partial charge in [0.1, 0.15) is 27.6 Å². The second kappa shape index (κ2) is 8.58. The molecule has 0 saturated carbocycles. The van der Waals surface area contributed by atoms with Crippen molar-refractivity contribution in [2.75, 3.05) is 29.5 Å². The number of hydrogen-bond donors (Lipinski definition) is 3. The minimum absolute atomic E-state index is 0.0495. The summed E-state index contributed by atoms with van der Waals surface area (Å²) >= 11 is 7.60. The van der Waals surface area contributed by atoms with Crippen molar-refractivity contribution in [3.05, 3.63) is 58.4 Å². The number of rotatable bonds is 3. The zero-order valence-electron chi connectivity index (χ0n) is 20.1. The molecule has 1 aromatic carbocycles. The van der Waals surface area contributed by atoms with Gasteiger partial charge in [0.25, 0.3) is 0 Å². The van der Waals surface area contributed by atoms with E-state index in [1.165, 1.54) is 28.5 Å². The Hall–Kier alpha value is -2.40. The lowest BCUT2D eigenvalue weighted by Crippen LogP contribution is -2.50. The first-order valence-electron chi connectivity index (χ1n) is 12.0. The summed E-state index contributed by atoms with van der Waals surface area (Å²) in [5.41, 5.74) is 16.1. The summed E-state index contributed by atoms with van der Waals surface area (Å²) in [6, 6.07) is 8.41. The number of benzene rings is 1. The molecule has 2 aliphatic heterocycles. The minimum atomic E-state index is -1.13. The molecule has 188 valence electrons. The van der Waals surface area contributed by atoms with Gasteiger partial charge in [0.15, 0.2) is 5.82 Å². The summed E-state index contributed by atoms with van der Waals surface area (Å²) in [6.45, 7) is 5.81. The maximum Gasteiger partial charge on any atom is 0.158 e. The molecule has 1 spiro atoms. The molecule has 0 radical (unpaired) electrons. The van der Waals surface area contributed by atoms with E-state index in [0.29, 0.717) is 15.9 Å². The number of pyridine rings is 1. The van der Waals surface area contributed by atoms with E-state index in [-0.39, 0.29) is 17.3 Å². The number of aromatic nitrogens is 3. The predicted octanol–water partition coefficient (Wildman–Crippen LogP) is 4.23. The highest BCUT2D eigenvalue weighted by Crippen LogP contribution is 2.57. The van der Waals surface area contributed by atoms with Crippen molar-refractivity contribution in [2.24, 2.45) is 5.41 Å². The first kappa shape index (κ1) is 24.0. The number of anilines is 3. The van der Waals surface area contributed by atoms with E-state index >= 15 is 0 Å². The maximum atomic E-state index is 13.2. The highest BCUT2D eigenvalue weighted by atomic mass is 35.5. The third-order valence-corrected chi connectivity index (χ3v) is 11.1. The zero-order valence-corrected chi connectivity index (χ0v) is 22.5. The van der Waals surface area contributed by atoms with E-state index in [4.69, 9.17) is 23.1 Å². The first-order valence-corrected chi connectivity index (χ1v) is 14.3. The van der Waals surface area contributed by atoms with Gasteiger partial charge in [-0.3, -0.25) is 0 Å². The standard InChI is InChI=1S/C25H28ClN7OS2/c1-24(2)15-5-3-4-14-12-25(20(18(14)15)32-36(24)34)7-10-33(11-8-25)17-13-30-23(22(28)31-17)35-16-6-9-29-21(27)19(16)26/h3-6,9,13,20,32H,7-8,10-12H2,1-2H3,(H2,27,29)(H2,28,31)/t20-,36+/m1/s1. The smallest absolute Gasteiger partial charge is 0.158 e. The van der Waals surface area contributed by atoms with Gasteiger partial charge in [0.2, 0.25) is 0 Å². The monoisotopic (exact) mass is 541 g/mol. The van der Waals surface area contributed by atoms with Crippen LogP contribution in [0.25, 0.3) is 0 Å². The van der Waals surface area contributed by atoms with Crippen LogP contribution in [0.4, 0.5) is 17.5 Å². The molecule has 0 amide bonds. The molecule has 3 aliphatic rings. The number of halogens is 1. The van der Waals surface area contributed by atoms with Gasteiger partial charge in [-0.25, -0.2) is 23.9 Å². The van der Waals surface area contributed by atoms with Crippen LogP contribution >= 0.6 is 23.4 Å². The molecule has 0 unspecified atom stereocenters. The summed E-state index contributed by atoms with van der Waals surface area (Å²) in [7, 11) is -1.13. The lowest BCUT2D eigenvalue weighted by Gasteiger charge is -2.46. The molecule has 6 rings (SSSR count). The van der Waals surface area contributed by atoms with Crippen LogP contribution < -0.4 is 21.1 Å². The van der Waals surface area contributed by atoms with E-state index in [1.807, 2.05) is 0 Å². The largest absolute Gasteiger partial charge is 0.382 e. The summed E-state index contributed by atoms with van der Waals surface area (Å²) in [6.07, 6.45) is 6.33. The molecule has 4 heterocycles. The van der Waals surface area contributed by atoms with Crippen LogP contribution in [0.2, 0.25) is 5.02 Å². The van der Waals surface area contributed by atoms with E-state index in [9.17, 15) is 4.21 Å². The number of nitrogen functional groups attached to an aromatic ring is 2. The molecular formula is C25H28ClN7OS2. The first-order chi connectivity index (χ1) is 17.2. The van der Waals surface area contributed by atoms with Gasteiger partial charge >= 0.3 is 0 Å². The topological polar surface area (TPSA) is 123 Å². The third-order valence-electron chi connectivity index (χ3n) is 7.90. The number of nitrogens with zero attached hydrogens (tertiary/aromatic N) is 4. The van der Waals surface area contributed by atoms with Crippen LogP contribution in [-0.4, -0.2) is 32.3 Å². The molecule has 2 atom stereocenters. The molecule has 1 aliphatic carbocycles. The molecule has 3 aromatic rings. The van der Waals surface area contributed by atoms with Gasteiger partial charge in [-0.2, -0.15) is 0 Å². The molecule has 8 nitrogen and oxygen atoms in total. The van der Waals surface area contributed by atoms with Crippen molar-refractivity contribution in [2.45, 2.75) is 53.8 Å². The van der Waals surface area contributed by atoms with Crippen molar-refractivity contribution in [1.82, 2.24) is 19.7 Å². The highest BCUT2D eigenvalue weighted by Gasteiger charge is 2.53. The fraction of sp³-hybridized carbons (Fsp3) is 0.400. The van der Waals surface area contributed by atoms with Gasteiger partial charge in [0.05, 0.1) is 22.0 Å². The van der Waals surface area contributed by atoms with Crippen LogP contribution in [0.3, 0.4) is 0 Å². The second-order valence-corrected chi connectivity index (χ2v) is 13.5. The van der Waals surface area contributed by atoms with Gasteiger partial charge in [-0.1, -0.05) is 41.6 Å². The fourth-order valence-electron chi connectivity index (χ4n) is 5.84. The van der Waals surface area contributed by atoms with Gasteiger partial charge < -0.3 is 16.4 Å². The Labute approximate surface area is 222 Å². The van der Waals surface area contributed by atoms with Crippen LogP contribution in [0.5, 0.6) is 0 Å². The Morgan fingerprint density at radius 3 is 2.69 bits per heavy atom. The number of nitrogens with two attached hydrogens (primary N) is 2. The third kappa shape index (κ3) is 3.69. The van der Waals surface area contributed by atoms with Crippen LogP contribution in [0.15, 0.2) is 46.6 Å². The number of fused-ring (bicyclic) bond motifs is 1. The Balaban J connectivity index is 1.21. The number of nitrogens with one attached hydrogen (secondary N) is 1. The summed E-state index contributed by atoms with van der Waals surface area (Å²) in [4.78, 5) is 16.2. The Morgan fingerprint density at radius 1 is 1.17 bits per heavy atom. The summed E-state index contributed by atoms with van der Waals surface area (Å²) in [5, 5.41) is 0.963. The normalized spacial score (nSPS) is 23.6. The van der Waals surface area contributed by atoms with Gasteiger partial charge in [-0.05, 0) is 61.3 Å². The van der Waals surface area contributed by atoms with Gasteiger partial charge in [0, 0.05) is 24.2 Å². The second-order valence-electron chi connectivity index (χ2n) is 10.3. The molecule has 1 saturated heterocycles. The molecule has 2 aromatic heterocycles. The van der Waals surface area contributed by atoms with E-state index in [0.717, 1.165) is 43.1 Å². The molecule has 1 fully saturated rings. The Bertz CT molecular complexity index is 1390. The lowest BCUT2D eigenvalue weighted by molar-refractivity contribution is 0.175. The van der Waals surface area contributed by atoms with Crippen molar-refractivity contribution in [3.63, 3.8) is 0 Å². The number of piperidine rings is 1. The van der Waals surface area contributed by atoms with Crippen molar-refractivity contribution in [1.29, 1.82) is 0 Å². The van der Waals surface area contributed by atoms with Crippen molar-refractivity contribution in [3.8, 4) is 0 Å². The molecule has 36 heavy (non-hydrogen) atoms. The van der Waals surface area contributed by atoms with Crippen LogP contribution in [0.1, 0.15) is 49.4 Å².